The zero-order chi connectivity index (χ0) is 41.1. The molecule has 0 unspecified atom stereocenters. The van der Waals surface area contributed by atoms with Crippen LogP contribution >= 0.6 is 7.82 Å². The van der Waals surface area contributed by atoms with Crippen molar-refractivity contribution in [3.63, 3.8) is 0 Å². The van der Waals surface area contributed by atoms with Gasteiger partial charge in [-0.3, -0.25) is 9.05 Å². The lowest BCUT2D eigenvalue weighted by Gasteiger charge is -2.17. The van der Waals surface area contributed by atoms with Crippen molar-refractivity contribution in [2.24, 2.45) is 0 Å². The number of phosphoric acid groups is 1. The van der Waals surface area contributed by atoms with Crippen LogP contribution in [0.3, 0.4) is 0 Å². The van der Waals surface area contributed by atoms with Crippen LogP contribution in [-0.4, -0.2) is 27.4 Å². The molecule has 0 N–H and O–H groups in total. The van der Waals surface area contributed by atoms with Crippen LogP contribution < -0.4 is 9.47 Å². The average molecular weight is 813 g/mol. The zero-order valence-electron chi connectivity index (χ0n) is 38.0. The van der Waals surface area contributed by atoms with Gasteiger partial charge in [0.15, 0.2) is 11.5 Å². The number of ether oxygens (including phenoxy) is 2. The molecule has 0 aliphatic heterocycles. The Bertz CT molecular complexity index is 933. The van der Waals surface area contributed by atoms with E-state index in [0.29, 0.717) is 24.7 Å². The molecule has 0 atom stereocenters. The molecule has 1 aromatic carbocycles. The van der Waals surface area contributed by atoms with E-state index in [4.69, 9.17) is 28.1 Å². The molecule has 56 heavy (non-hydrogen) atoms. The Morgan fingerprint density at radius 3 is 1.04 bits per heavy atom. The Labute approximate surface area is 348 Å². The first-order chi connectivity index (χ1) is 27.5. The molecule has 0 aliphatic carbocycles. The van der Waals surface area contributed by atoms with E-state index in [0.717, 1.165) is 31.2 Å². The second-order valence-electron chi connectivity index (χ2n) is 16.0. The summed E-state index contributed by atoms with van der Waals surface area (Å²) in [5.41, 5.74) is 0.796. The predicted octanol–water partition coefficient (Wildman–Crippen LogP) is 17.2. The van der Waals surface area contributed by atoms with Crippen molar-refractivity contribution in [3.05, 3.63) is 23.8 Å². The standard InChI is InChI=1S/C45H85O7P.C3H8/c1-5-7-9-11-13-15-17-19-21-23-25-27-29-31-33-35-39-50-53(46,52-49-42-43-37-38-44(47-3)45(41-43)48-4)51-40-36-34-32-30-28-26-24-22-20-18-16-14-12-10-8-6-2;1-3-2/h37-38,41H,5-36,39-40,42H2,1-4H3;3H2,1-2H3. The maximum Gasteiger partial charge on any atom is 0.502 e. The van der Waals surface area contributed by atoms with E-state index in [-0.39, 0.29) is 6.61 Å². The van der Waals surface area contributed by atoms with Crippen LogP contribution in [0, 0.1) is 0 Å². The summed E-state index contributed by atoms with van der Waals surface area (Å²) in [5.74, 6) is 1.23. The van der Waals surface area contributed by atoms with E-state index in [9.17, 15) is 4.57 Å². The van der Waals surface area contributed by atoms with E-state index in [1.54, 1.807) is 20.3 Å². The minimum Gasteiger partial charge on any atom is -0.493 e. The molecular weight excluding hydrogens is 719 g/mol. The molecule has 0 spiro atoms. The molecule has 7 nitrogen and oxygen atoms in total. The summed E-state index contributed by atoms with van der Waals surface area (Å²) in [6, 6.07) is 5.46. The molecule has 0 saturated heterocycles. The monoisotopic (exact) mass is 813 g/mol. The van der Waals surface area contributed by atoms with Gasteiger partial charge in [0, 0.05) is 0 Å². The smallest absolute Gasteiger partial charge is 0.493 e. The molecule has 8 heteroatoms. The normalized spacial score (nSPS) is 11.5. The minimum absolute atomic E-state index is 0.0785. The van der Waals surface area contributed by atoms with Gasteiger partial charge >= 0.3 is 7.82 Å². The number of benzene rings is 1. The molecule has 0 aromatic heterocycles. The summed E-state index contributed by atoms with van der Waals surface area (Å²) in [4.78, 5) is 5.42. The molecule has 0 saturated carbocycles. The van der Waals surface area contributed by atoms with Crippen molar-refractivity contribution >= 4 is 7.82 Å². The molecule has 0 fully saturated rings. The van der Waals surface area contributed by atoms with Crippen LogP contribution in [0.4, 0.5) is 0 Å². The molecule has 1 rings (SSSR count). The van der Waals surface area contributed by atoms with Crippen LogP contribution in [-0.2, 0) is 29.8 Å². The Morgan fingerprint density at radius 2 is 0.732 bits per heavy atom. The number of hydrogen-bond donors (Lipinski definition) is 0. The first-order valence-electron chi connectivity index (χ1n) is 23.9. The number of hydrogen-bond acceptors (Lipinski definition) is 7. The van der Waals surface area contributed by atoms with Gasteiger partial charge < -0.3 is 9.47 Å². The lowest BCUT2D eigenvalue weighted by atomic mass is 10.0. The first kappa shape index (κ1) is 54.9. The largest absolute Gasteiger partial charge is 0.502 e. The maximum atomic E-state index is 13.5. The van der Waals surface area contributed by atoms with Crippen molar-refractivity contribution in [3.8, 4) is 11.5 Å². The lowest BCUT2D eigenvalue weighted by Crippen LogP contribution is -2.04. The van der Waals surface area contributed by atoms with Crippen molar-refractivity contribution in [2.75, 3.05) is 27.4 Å². The van der Waals surface area contributed by atoms with Gasteiger partial charge in [0.25, 0.3) is 0 Å². The van der Waals surface area contributed by atoms with Crippen LogP contribution in [0.5, 0.6) is 11.5 Å². The lowest BCUT2D eigenvalue weighted by molar-refractivity contribution is -0.237. The van der Waals surface area contributed by atoms with E-state index >= 15 is 0 Å². The van der Waals surface area contributed by atoms with Crippen LogP contribution in [0.2, 0.25) is 0 Å². The SMILES string of the molecule is CCC.CCCCCCCCCCCCCCCCCCOP(=O)(OCCCCCCCCCCCCCCCCCC)OOCc1ccc(OC)c(OC)c1. The van der Waals surface area contributed by atoms with Gasteiger partial charge in [-0.15, -0.1) is 4.67 Å². The number of methoxy groups -OCH3 is 2. The summed E-state index contributed by atoms with van der Waals surface area (Å²) in [6.45, 7) is 9.55. The molecule has 0 aliphatic rings. The Hall–Kier alpha value is -1.11. The van der Waals surface area contributed by atoms with Gasteiger partial charge in [-0.2, -0.15) is 0 Å². The summed E-state index contributed by atoms with van der Waals surface area (Å²) in [6.07, 6.45) is 43.0. The van der Waals surface area contributed by atoms with Crippen molar-refractivity contribution in [1.82, 2.24) is 0 Å². The van der Waals surface area contributed by atoms with E-state index in [1.165, 1.54) is 186 Å². The van der Waals surface area contributed by atoms with Crippen LogP contribution in [0.1, 0.15) is 245 Å². The van der Waals surface area contributed by atoms with E-state index in [2.05, 4.69) is 27.7 Å². The molecule has 1 aromatic rings. The van der Waals surface area contributed by atoms with Crippen molar-refractivity contribution in [1.29, 1.82) is 0 Å². The third-order valence-electron chi connectivity index (χ3n) is 10.3. The highest BCUT2D eigenvalue weighted by atomic mass is 31.2. The third-order valence-corrected chi connectivity index (χ3v) is 11.6. The highest BCUT2D eigenvalue weighted by molar-refractivity contribution is 7.48. The number of phosphoric ester groups is 1. The van der Waals surface area contributed by atoms with Gasteiger partial charge in [-0.25, -0.2) is 9.45 Å². The van der Waals surface area contributed by atoms with Crippen LogP contribution in [0.15, 0.2) is 18.2 Å². The average Bonchev–Trinajstić information content (AvgIpc) is 3.20. The summed E-state index contributed by atoms with van der Waals surface area (Å²) in [7, 11) is -0.661. The highest BCUT2D eigenvalue weighted by Crippen LogP contribution is 2.50. The summed E-state index contributed by atoms with van der Waals surface area (Å²) in [5, 5.41) is 0. The van der Waals surface area contributed by atoms with Gasteiger partial charge in [-0.1, -0.05) is 233 Å². The second-order valence-corrected chi connectivity index (χ2v) is 17.5. The number of unbranched alkanes of at least 4 members (excludes halogenated alkanes) is 30. The Balaban J connectivity index is 0.00000974. The maximum absolute atomic E-state index is 13.5. The van der Waals surface area contributed by atoms with Gasteiger partial charge in [0.2, 0.25) is 0 Å². The van der Waals surface area contributed by atoms with Gasteiger partial charge in [-0.05, 0) is 30.5 Å². The zero-order valence-corrected chi connectivity index (χ0v) is 38.9. The third kappa shape index (κ3) is 36.0. The second kappa shape index (κ2) is 43.5. The quantitative estimate of drug-likeness (QED) is 0.0282. The molecule has 332 valence electrons. The number of rotatable bonds is 42. The molecule has 0 amide bonds. The fraction of sp³-hybridized carbons (Fsp3) is 0.875. The molecule has 0 bridgehead atoms. The highest BCUT2D eigenvalue weighted by Gasteiger charge is 2.28. The summed E-state index contributed by atoms with van der Waals surface area (Å²) >= 11 is 0. The van der Waals surface area contributed by atoms with Gasteiger partial charge in [0.1, 0.15) is 6.61 Å². The van der Waals surface area contributed by atoms with Gasteiger partial charge in [0.05, 0.1) is 27.4 Å². The Kier molecular flexibility index (Phi) is 42.6. The van der Waals surface area contributed by atoms with E-state index in [1.807, 2.05) is 12.1 Å². The van der Waals surface area contributed by atoms with Crippen LogP contribution in [0.25, 0.3) is 0 Å². The minimum atomic E-state index is -3.85. The summed E-state index contributed by atoms with van der Waals surface area (Å²) < 4.78 is 41.1. The molecular formula is C48H93O7P. The Morgan fingerprint density at radius 1 is 0.429 bits per heavy atom. The van der Waals surface area contributed by atoms with Crippen molar-refractivity contribution < 1.29 is 32.6 Å². The first-order valence-corrected chi connectivity index (χ1v) is 25.4. The van der Waals surface area contributed by atoms with E-state index < -0.39 is 7.82 Å². The fourth-order valence-electron chi connectivity index (χ4n) is 6.86. The topological polar surface area (TPSA) is 72.5 Å². The van der Waals surface area contributed by atoms with Crippen molar-refractivity contribution in [2.45, 2.75) is 246 Å². The molecule has 0 radical (unpaired) electrons. The predicted molar refractivity (Wildman–Crippen MR) is 240 cm³/mol. The fourth-order valence-corrected chi connectivity index (χ4v) is 7.91. The molecule has 0 heterocycles.